The predicted octanol–water partition coefficient (Wildman–Crippen LogP) is -1.25. The summed E-state index contributed by atoms with van der Waals surface area (Å²) in [5.41, 5.74) is 6.61. The maximum Gasteiger partial charge on any atom is 0.278 e. The summed E-state index contributed by atoms with van der Waals surface area (Å²) in [5, 5.41) is 18.8. The number of carbonyl (C=O) groups is 3. The van der Waals surface area contributed by atoms with Crippen molar-refractivity contribution in [3.8, 4) is 0 Å². The monoisotopic (exact) mass is 502 g/mol. The van der Waals surface area contributed by atoms with E-state index in [1.54, 1.807) is 10.4 Å². The van der Waals surface area contributed by atoms with E-state index >= 15 is 0 Å². The van der Waals surface area contributed by atoms with E-state index in [0.717, 1.165) is 4.90 Å². The number of rotatable bonds is 7. The largest absolute Gasteiger partial charge is 0.543 e. The van der Waals surface area contributed by atoms with E-state index in [9.17, 15) is 19.5 Å². The standard InChI is InChI=1S/C21H22N6O5S2/c1-3-12-9-33-19-14(18(29)25(19)15(12)20(30)31)23-17(28)16-13-10-34-21(22)26(13)27(16)32-11(2)24-7-5-4-6-8-24/h3-8,10-11,14,16,19,21H,1,9,22H2,2H3,(H-,23,28,30,31)/t11?,14?,16?,19-,21?/m0/s1. The second kappa shape index (κ2) is 8.74. The highest BCUT2D eigenvalue weighted by atomic mass is 32.2. The number of nitrogens with two attached hydrogens (primary N) is 1. The molecule has 4 aliphatic rings. The van der Waals surface area contributed by atoms with Crippen molar-refractivity contribution in [2.45, 2.75) is 36.1 Å². The summed E-state index contributed by atoms with van der Waals surface area (Å²) in [7, 11) is 0. The second-order valence-corrected chi connectivity index (χ2v) is 10.0. The number of hydrazine groups is 1. The van der Waals surface area contributed by atoms with Gasteiger partial charge in [-0.15, -0.1) is 11.8 Å². The van der Waals surface area contributed by atoms with Crippen LogP contribution >= 0.6 is 23.5 Å². The van der Waals surface area contributed by atoms with Crippen LogP contribution in [0.25, 0.3) is 0 Å². The number of hydroxylamine groups is 1. The summed E-state index contributed by atoms with van der Waals surface area (Å²) < 4.78 is 1.84. The average molecular weight is 503 g/mol. The molecule has 5 heterocycles. The van der Waals surface area contributed by atoms with E-state index in [1.165, 1.54) is 34.8 Å². The molecule has 0 radical (unpaired) electrons. The number of fused-ring (bicyclic) bond motifs is 2. The molecule has 2 amide bonds. The van der Waals surface area contributed by atoms with Crippen LogP contribution in [0.1, 0.15) is 13.2 Å². The molecule has 1 aromatic heterocycles. The molecule has 0 aliphatic carbocycles. The lowest BCUT2D eigenvalue weighted by Crippen LogP contribution is -2.75. The Labute approximate surface area is 203 Å². The lowest BCUT2D eigenvalue weighted by Gasteiger charge is -2.53. The molecule has 0 bridgehead atoms. The van der Waals surface area contributed by atoms with E-state index in [-0.39, 0.29) is 5.70 Å². The van der Waals surface area contributed by atoms with Crippen LogP contribution in [0, 0.1) is 0 Å². The number of nitrogens with zero attached hydrogens (tertiary/aromatic N) is 4. The zero-order chi connectivity index (χ0) is 24.1. The van der Waals surface area contributed by atoms with E-state index in [2.05, 4.69) is 11.9 Å². The molecular formula is C21H22N6O5S2. The fraction of sp³-hybridized carbons (Fsp3) is 0.333. The van der Waals surface area contributed by atoms with Crippen molar-refractivity contribution >= 4 is 41.3 Å². The Bertz CT molecular complexity index is 1130. The van der Waals surface area contributed by atoms with Crippen molar-refractivity contribution in [1.29, 1.82) is 0 Å². The maximum absolute atomic E-state index is 13.3. The number of thioether (sulfide) groups is 2. The topological polar surface area (TPSA) is 135 Å². The van der Waals surface area contributed by atoms with Gasteiger partial charge in [0.1, 0.15) is 16.9 Å². The van der Waals surface area contributed by atoms with Gasteiger partial charge in [0, 0.05) is 24.8 Å². The molecule has 4 aliphatic heterocycles. The number of hydrogen-bond acceptors (Lipinski definition) is 10. The number of nitrogens with one attached hydrogen (secondary N) is 1. The smallest absolute Gasteiger partial charge is 0.278 e. The molecule has 13 heteroatoms. The Morgan fingerprint density at radius 2 is 2.12 bits per heavy atom. The highest BCUT2D eigenvalue weighted by Gasteiger charge is 2.57. The Balaban J connectivity index is 1.31. The summed E-state index contributed by atoms with van der Waals surface area (Å²) in [6, 6.07) is 3.96. The predicted molar refractivity (Wildman–Crippen MR) is 121 cm³/mol. The molecule has 2 fully saturated rings. The lowest BCUT2D eigenvalue weighted by molar-refractivity contribution is -0.776. The quantitative estimate of drug-likeness (QED) is 0.344. The van der Waals surface area contributed by atoms with Gasteiger partial charge in [0.05, 0.1) is 17.4 Å². The molecule has 5 rings (SSSR count). The van der Waals surface area contributed by atoms with Gasteiger partial charge in [0.25, 0.3) is 12.1 Å². The number of carbonyl (C=O) groups excluding carboxylic acids is 3. The van der Waals surface area contributed by atoms with Crippen LogP contribution < -0.4 is 20.7 Å². The van der Waals surface area contributed by atoms with Crippen molar-refractivity contribution < 1.29 is 28.9 Å². The van der Waals surface area contributed by atoms with Gasteiger partial charge in [-0.05, 0) is 11.0 Å². The Hall–Kier alpha value is -2.84. The summed E-state index contributed by atoms with van der Waals surface area (Å²) in [5.74, 6) is -2.04. The molecule has 2 saturated heterocycles. The van der Waals surface area contributed by atoms with Crippen molar-refractivity contribution in [1.82, 2.24) is 20.4 Å². The Morgan fingerprint density at radius 1 is 1.38 bits per heavy atom. The van der Waals surface area contributed by atoms with Gasteiger partial charge in [0.2, 0.25) is 5.91 Å². The third-order valence-electron chi connectivity index (χ3n) is 5.95. The first-order chi connectivity index (χ1) is 16.3. The normalized spacial score (nSPS) is 28.9. The SMILES string of the molecule is C=CC1=C(C(=O)[O-])N2C(=O)C(NC(=O)C3C4=CSC(N)N4N3OC(C)[n+]3ccccc3)[C@@H]2SC1. The zero-order valence-corrected chi connectivity index (χ0v) is 19.7. The van der Waals surface area contributed by atoms with Crippen LogP contribution in [0.2, 0.25) is 0 Å². The number of carboxylic acid groups (broad SMARTS) is 1. The van der Waals surface area contributed by atoms with Crippen LogP contribution in [0.3, 0.4) is 0 Å². The summed E-state index contributed by atoms with van der Waals surface area (Å²) >= 11 is 2.71. The minimum Gasteiger partial charge on any atom is -0.543 e. The number of hydrogen-bond donors (Lipinski definition) is 2. The van der Waals surface area contributed by atoms with Gasteiger partial charge in [0.15, 0.2) is 18.4 Å². The molecule has 0 saturated carbocycles. The first-order valence-corrected chi connectivity index (χ1v) is 12.5. The van der Waals surface area contributed by atoms with E-state index in [4.69, 9.17) is 10.6 Å². The third kappa shape index (κ3) is 3.51. The molecule has 4 unspecified atom stereocenters. The van der Waals surface area contributed by atoms with E-state index in [0.29, 0.717) is 17.0 Å². The van der Waals surface area contributed by atoms with Crippen LogP contribution in [0.15, 0.2) is 65.6 Å². The number of pyridine rings is 1. The van der Waals surface area contributed by atoms with Gasteiger partial charge in [-0.25, -0.2) is 4.84 Å². The van der Waals surface area contributed by atoms with Crippen LogP contribution in [-0.2, 0) is 19.2 Å². The first-order valence-electron chi connectivity index (χ1n) is 10.5. The number of amides is 2. The number of aliphatic carboxylic acids is 1. The molecule has 3 N–H and O–H groups in total. The molecule has 34 heavy (non-hydrogen) atoms. The van der Waals surface area contributed by atoms with Crippen molar-refractivity contribution in [3.05, 3.63) is 65.6 Å². The minimum absolute atomic E-state index is 0.191. The Morgan fingerprint density at radius 3 is 2.79 bits per heavy atom. The number of aromatic nitrogens is 1. The van der Waals surface area contributed by atoms with Gasteiger partial charge in [-0.2, -0.15) is 4.57 Å². The molecule has 1 aromatic rings. The number of allylic oxidation sites excluding steroid dienone is 1. The average Bonchev–Trinajstić information content (AvgIpc) is 3.15. The number of β-lactam (4-membered cyclic amide) rings is 1. The van der Waals surface area contributed by atoms with Crippen molar-refractivity contribution in [2.24, 2.45) is 5.73 Å². The highest BCUT2D eigenvalue weighted by molar-refractivity contribution is 8.02. The van der Waals surface area contributed by atoms with E-state index in [1.807, 2.05) is 42.1 Å². The van der Waals surface area contributed by atoms with Gasteiger partial charge in [-0.1, -0.05) is 35.7 Å². The fourth-order valence-corrected chi connectivity index (χ4v) is 6.41. The Kier molecular flexibility index (Phi) is 5.90. The second-order valence-electron chi connectivity index (χ2n) is 7.91. The molecule has 5 atom stereocenters. The molecule has 0 aromatic carbocycles. The summed E-state index contributed by atoms with van der Waals surface area (Å²) in [6.07, 6.45) is 4.66. The zero-order valence-electron chi connectivity index (χ0n) is 18.1. The van der Waals surface area contributed by atoms with Crippen molar-refractivity contribution in [2.75, 3.05) is 5.75 Å². The van der Waals surface area contributed by atoms with Crippen LogP contribution in [0.5, 0.6) is 0 Å². The van der Waals surface area contributed by atoms with Gasteiger partial charge in [-0.3, -0.25) is 19.5 Å². The molecule has 178 valence electrons. The minimum atomic E-state index is -1.44. The number of carboxylic acids is 1. The van der Waals surface area contributed by atoms with Crippen molar-refractivity contribution in [3.63, 3.8) is 0 Å². The maximum atomic E-state index is 13.3. The van der Waals surface area contributed by atoms with Gasteiger partial charge >= 0.3 is 0 Å². The molecular weight excluding hydrogens is 480 g/mol. The summed E-state index contributed by atoms with van der Waals surface area (Å²) in [6.45, 7) is 5.45. The molecule has 0 spiro atoms. The lowest BCUT2D eigenvalue weighted by atomic mass is 10.0. The fourth-order valence-electron chi connectivity index (χ4n) is 4.23. The van der Waals surface area contributed by atoms with Gasteiger partial charge < -0.3 is 21.0 Å². The summed E-state index contributed by atoms with van der Waals surface area (Å²) in [4.78, 5) is 44.9. The van der Waals surface area contributed by atoms with Crippen LogP contribution in [0.4, 0.5) is 0 Å². The highest BCUT2D eigenvalue weighted by Crippen LogP contribution is 2.44. The first kappa shape index (κ1) is 22.9. The van der Waals surface area contributed by atoms with Crippen LogP contribution in [-0.4, -0.2) is 61.6 Å². The molecule has 11 nitrogen and oxygen atoms in total. The van der Waals surface area contributed by atoms with E-state index < -0.39 is 47.0 Å². The third-order valence-corrected chi connectivity index (χ3v) is 8.11.